The molecule has 18 heavy (non-hydrogen) atoms. The van der Waals surface area contributed by atoms with Crippen molar-refractivity contribution in [2.75, 3.05) is 0 Å². The summed E-state index contributed by atoms with van der Waals surface area (Å²) in [5.74, 6) is 0.179. The number of carbonyl (C=O) groups is 1. The second-order valence-electron chi connectivity index (χ2n) is 4.65. The molecule has 1 heteroatoms. The Balaban J connectivity index is 1.82. The van der Waals surface area contributed by atoms with E-state index in [1.807, 2.05) is 18.2 Å². The fourth-order valence-electron chi connectivity index (χ4n) is 2.11. The SMILES string of the molecule is O=CC1C/C1=C/c1ccc(-c2ccccc2)cc1. The minimum atomic E-state index is 0.179. The fraction of sp³-hybridized carbons (Fsp3) is 0.118. The molecule has 1 aliphatic carbocycles. The Morgan fingerprint density at radius 3 is 2.17 bits per heavy atom. The summed E-state index contributed by atoms with van der Waals surface area (Å²) < 4.78 is 0. The van der Waals surface area contributed by atoms with Crippen LogP contribution in [-0.4, -0.2) is 6.29 Å². The highest BCUT2D eigenvalue weighted by Crippen LogP contribution is 2.37. The van der Waals surface area contributed by atoms with Gasteiger partial charge in [-0.1, -0.05) is 66.2 Å². The summed E-state index contributed by atoms with van der Waals surface area (Å²) in [5.41, 5.74) is 4.88. The van der Waals surface area contributed by atoms with Crippen molar-refractivity contribution in [3.05, 3.63) is 65.7 Å². The van der Waals surface area contributed by atoms with E-state index >= 15 is 0 Å². The molecule has 2 aromatic carbocycles. The Morgan fingerprint density at radius 1 is 0.889 bits per heavy atom. The lowest BCUT2D eigenvalue weighted by atomic mass is 10.0. The van der Waals surface area contributed by atoms with E-state index in [0.717, 1.165) is 12.7 Å². The van der Waals surface area contributed by atoms with E-state index in [1.165, 1.54) is 22.3 Å². The third-order valence-electron chi connectivity index (χ3n) is 3.31. The van der Waals surface area contributed by atoms with Crippen molar-refractivity contribution in [3.8, 4) is 11.1 Å². The number of carbonyl (C=O) groups excluding carboxylic acids is 1. The normalized spacial score (nSPS) is 19.8. The molecule has 1 saturated carbocycles. The molecule has 0 bridgehead atoms. The van der Waals surface area contributed by atoms with Gasteiger partial charge in [-0.05, 0) is 23.1 Å². The fourth-order valence-corrected chi connectivity index (χ4v) is 2.11. The third kappa shape index (κ3) is 2.25. The van der Waals surface area contributed by atoms with E-state index in [2.05, 4.69) is 42.5 Å². The molecule has 1 nitrogen and oxygen atoms in total. The number of allylic oxidation sites excluding steroid dienone is 1. The number of hydrogen-bond donors (Lipinski definition) is 0. The van der Waals surface area contributed by atoms with Crippen molar-refractivity contribution < 1.29 is 4.79 Å². The molecule has 0 spiro atoms. The Morgan fingerprint density at radius 2 is 1.56 bits per heavy atom. The van der Waals surface area contributed by atoms with Gasteiger partial charge < -0.3 is 4.79 Å². The van der Waals surface area contributed by atoms with Crippen LogP contribution >= 0.6 is 0 Å². The van der Waals surface area contributed by atoms with Crippen LogP contribution in [0.15, 0.2) is 60.2 Å². The molecule has 88 valence electrons. The lowest BCUT2D eigenvalue weighted by Gasteiger charge is -2.01. The zero-order chi connectivity index (χ0) is 12.4. The van der Waals surface area contributed by atoms with Gasteiger partial charge in [-0.15, -0.1) is 0 Å². The molecule has 0 heterocycles. The van der Waals surface area contributed by atoms with Gasteiger partial charge in [0.1, 0.15) is 6.29 Å². The molecule has 1 atom stereocenters. The van der Waals surface area contributed by atoms with Crippen molar-refractivity contribution in [3.63, 3.8) is 0 Å². The van der Waals surface area contributed by atoms with Crippen LogP contribution in [0.3, 0.4) is 0 Å². The van der Waals surface area contributed by atoms with Crippen LogP contribution in [0.25, 0.3) is 17.2 Å². The van der Waals surface area contributed by atoms with Crippen molar-refractivity contribution in [2.45, 2.75) is 6.42 Å². The maximum Gasteiger partial charge on any atom is 0.127 e. The minimum Gasteiger partial charge on any atom is -0.303 e. The summed E-state index contributed by atoms with van der Waals surface area (Å²) >= 11 is 0. The van der Waals surface area contributed by atoms with Crippen LogP contribution in [0.1, 0.15) is 12.0 Å². The lowest BCUT2D eigenvalue weighted by molar-refractivity contribution is -0.108. The van der Waals surface area contributed by atoms with Crippen molar-refractivity contribution in [1.29, 1.82) is 0 Å². The second-order valence-corrected chi connectivity index (χ2v) is 4.65. The molecule has 0 aliphatic heterocycles. The van der Waals surface area contributed by atoms with Gasteiger partial charge in [0, 0.05) is 5.92 Å². The van der Waals surface area contributed by atoms with Crippen LogP contribution in [0.5, 0.6) is 0 Å². The molecule has 0 aromatic heterocycles. The molecule has 0 radical (unpaired) electrons. The van der Waals surface area contributed by atoms with Crippen molar-refractivity contribution >= 4 is 12.4 Å². The highest BCUT2D eigenvalue weighted by Gasteiger charge is 2.28. The predicted octanol–water partition coefficient (Wildman–Crippen LogP) is 3.96. The smallest absolute Gasteiger partial charge is 0.127 e. The molecule has 0 amide bonds. The molecule has 1 fully saturated rings. The van der Waals surface area contributed by atoms with Gasteiger partial charge in [-0.2, -0.15) is 0 Å². The van der Waals surface area contributed by atoms with E-state index in [1.54, 1.807) is 0 Å². The summed E-state index contributed by atoms with van der Waals surface area (Å²) in [6, 6.07) is 18.8. The Bertz CT molecular complexity index is 579. The highest BCUT2D eigenvalue weighted by molar-refractivity contribution is 5.74. The molecule has 1 unspecified atom stereocenters. The Hall–Kier alpha value is -2.15. The summed E-state index contributed by atoms with van der Waals surface area (Å²) in [5, 5.41) is 0. The zero-order valence-corrected chi connectivity index (χ0v) is 10.0. The summed E-state index contributed by atoms with van der Waals surface area (Å²) in [7, 11) is 0. The van der Waals surface area contributed by atoms with Crippen LogP contribution in [0.4, 0.5) is 0 Å². The average molecular weight is 234 g/mol. The first-order valence-corrected chi connectivity index (χ1v) is 6.18. The monoisotopic (exact) mass is 234 g/mol. The average Bonchev–Trinajstić information content (AvgIpc) is 3.19. The number of rotatable bonds is 3. The first kappa shape index (κ1) is 11.0. The third-order valence-corrected chi connectivity index (χ3v) is 3.31. The van der Waals surface area contributed by atoms with Gasteiger partial charge >= 0.3 is 0 Å². The molecule has 0 N–H and O–H groups in total. The molecular weight excluding hydrogens is 220 g/mol. The lowest BCUT2D eigenvalue weighted by Crippen LogP contribution is -1.78. The van der Waals surface area contributed by atoms with Gasteiger partial charge in [0.05, 0.1) is 0 Å². The maximum atomic E-state index is 10.6. The topological polar surface area (TPSA) is 17.1 Å². The predicted molar refractivity (Wildman–Crippen MR) is 74.0 cm³/mol. The van der Waals surface area contributed by atoms with Gasteiger partial charge in [-0.25, -0.2) is 0 Å². The van der Waals surface area contributed by atoms with Crippen LogP contribution in [0.2, 0.25) is 0 Å². The van der Waals surface area contributed by atoms with Crippen LogP contribution in [0, 0.1) is 5.92 Å². The first-order chi connectivity index (χ1) is 8.86. The van der Waals surface area contributed by atoms with Crippen molar-refractivity contribution in [1.82, 2.24) is 0 Å². The van der Waals surface area contributed by atoms with Gasteiger partial charge in [-0.3, -0.25) is 0 Å². The number of aldehydes is 1. The zero-order valence-electron chi connectivity index (χ0n) is 10.0. The number of benzene rings is 2. The molecule has 0 saturated heterocycles. The van der Waals surface area contributed by atoms with E-state index in [4.69, 9.17) is 0 Å². The molecule has 1 aliphatic rings. The van der Waals surface area contributed by atoms with Gasteiger partial charge in [0.2, 0.25) is 0 Å². The van der Waals surface area contributed by atoms with E-state index in [9.17, 15) is 4.79 Å². The largest absolute Gasteiger partial charge is 0.303 e. The summed E-state index contributed by atoms with van der Waals surface area (Å²) in [6.45, 7) is 0. The minimum absolute atomic E-state index is 0.179. The van der Waals surface area contributed by atoms with E-state index < -0.39 is 0 Å². The second kappa shape index (κ2) is 4.61. The standard InChI is InChI=1S/C17H14O/c18-12-17-11-16(17)10-13-6-8-15(9-7-13)14-4-2-1-3-5-14/h1-10,12,17H,11H2/b16-10-. The maximum absolute atomic E-state index is 10.6. The Labute approximate surface area is 107 Å². The molecule has 3 rings (SSSR count). The summed E-state index contributed by atoms with van der Waals surface area (Å²) in [6.07, 6.45) is 4.09. The molecular formula is C17H14O. The number of hydrogen-bond acceptors (Lipinski definition) is 1. The van der Waals surface area contributed by atoms with Crippen LogP contribution in [-0.2, 0) is 4.79 Å². The summed E-state index contributed by atoms with van der Waals surface area (Å²) in [4.78, 5) is 10.6. The Kier molecular flexibility index (Phi) is 2.81. The van der Waals surface area contributed by atoms with E-state index in [0.29, 0.717) is 0 Å². The van der Waals surface area contributed by atoms with E-state index in [-0.39, 0.29) is 5.92 Å². The van der Waals surface area contributed by atoms with Crippen molar-refractivity contribution in [2.24, 2.45) is 5.92 Å². The van der Waals surface area contributed by atoms with Gasteiger partial charge in [0.15, 0.2) is 0 Å². The first-order valence-electron chi connectivity index (χ1n) is 6.18. The molecule has 2 aromatic rings. The van der Waals surface area contributed by atoms with Crippen LogP contribution < -0.4 is 0 Å². The van der Waals surface area contributed by atoms with Gasteiger partial charge in [0.25, 0.3) is 0 Å². The quantitative estimate of drug-likeness (QED) is 0.735. The highest BCUT2D eigenvalue weighted by atomic mass is 16.1.